The number of nitrogens with zero attached hydrogens (tertiary/aromatic N) is 1. The van der Waals surface area contributed by atoms with Gasteiger partial charge in [-0.15, -0.1) is 11.3 Å². The van der Waals surface area contributed by atoms with E-state index in [0.717, 1.165) is 12.1 Å². The Morgan fingerprint density at radius 2 is 2.20 bits per heavy atom. The second kappa shape index (κ2) is 7.21. The minimum Gasteiger partial charge on any atom is -0.388 e. The van der Waals surface area contributed by atoms with Gasteiger partial charge in [-0.25, -0.2) is 0 Å². The zero-order valence-electron chi connectivity index (χ0n) is 11.8. The van der Waals surface area contributed by atoms with Gasteiger partial charge in [-0.2, -0.15) is 0 Å². The minimum atomic E-state index is -0.638. The van der Waals surface area contributed by atoms with Gasteiger partial charge in [0.15, 0.2) is 0 Å². The fourth-order valence-electron chi connectivity index (χ4n) is 2.42. The van der Waals surface area contributed by atoms with E-state index < -0.39 is 5.60 Å². The van der Waals surface area contributed by atoms with Crippen LogP contribution in [0.25, 0.3) is 0 Å². The molecule has 20 heavy (non-hydrogen) atoms. The van der Waals surface area contributed by atoms with Crippen molar-refractivity contribution in [3.8, 4) is 11.8 Å². The van der Waals surface area contributed by atoms with Crippen LogP contribution < -0.4 is 0 Å². The number of hydrogen-bond donors (Lipinski definition) is 2. The topological polar surface area (TPSA) is 52.9 Å². The van der Waals surface area contributed by atoms with Crippen LogP contribution in [0.3, 0.4) is 0 Å². The highest BCUT2D eigenvalue weighted by Crippen LogP contribution is 2.23. The number of rotatable bonds is 4. The molecule has 0 saturated carbocycles. The van der Waals surface area contributed by atoms with Gasteiger partial charge in [0, 0.05) is 49.6 Å². The third-order valence-electron chi connectivity index (χ3n) is 3.45. The lowest BCUT2D eigenvalue weighted by Crippen LogP contribution is -2.45. The van der Waals surface area contributed by atoms with Gasteiger partial charge in [-0.1, -0.05) is 11.8 Å². The van der Waals surface area contributed by atoms with Crippen LogP contribution in [0.1, 0.15) is 23.3 Å². The van der Waals surface area contributed by atoms with Crippen LogP contribution in [0.5, 0.6) is 0 Å². The molecule has 0 aromatic carbocycles. The van der Waals surface area contributed by atoms with Gasteiger partial charge in [0.25, 0.3) is 0 Å². The lowest BCUT2D eigenvalue weighted by atomic mass is 9.94. The first kappa shape index (κ1) is 15.5. The highest BCUT2D eigenvalue weighted by atomic mass is 32.1. The predicted octanol–water partition coefficient (Wildman–Crippen LogP) is 1.07. The zero-order valence-corrected chi connectivity index (χ0v) is 12.6. The average molecular weight is 295 g/mol. The lowest BCUT2D eigenvalue weighted by Gasteiger charge is -2.35. The molecule has 0 atom stereocenters. The Balaban J connectivity index is 1.94. The smallest absolute Gasteiger partial charge is 0.104 e. The van der Waals surface area contributed by atoms with Crippen LogP contribution in [-0.2, 0) is 11.3 Å². The Kier molecular flexibility index (Phi) is 5.58. The molecule has 1 aliphatic heterocycles. The van der Waals surface area contributed by atoms with Crippen LogP contribution in [-0.4, -0.2) is 54.1 Å². The summed E-state index contributed by atoms with van der Waals surface area (Å²) in [6.45, 7) is 2.55. The number of aliphatic hydroxyl groups is 2. The van der Waals surface area contributed by atoms with E-state index >= 15 is 0 Å². The van der Waals surface area contributed by atoms with Crippen LogP contribution in [0.2, 0.25) is 0 Å². The molecular formula is C15H21NO3S. The SMILES string of the molecule is CN(Cc1sccc1C#CCO)CC1(O)CCOCC1. The highest BCUT2D eigenvalue weighted by Gasteiger charge is 2.31. The summed E-state index contributed by atoms with van der Waals surface area (Å²) in [6, 6.07) is 1.97. The molecule has 0 radical (unpaired) electrons. The molecule has 1 fully saturated rings. The van der Waals surface area contributed by atoms with E-state index in [9.17, 15) is 5.11 Å². The molecule has 0 bridgehead atoms. The Morgan fingerprint density at radius 3 is 2.90 bits per heavy atom. The highest BCUT2D eigenvalue weighted by molar-refractivity contribution is 7.10. The Labute approximate surface area is 124 Å². The summed E-state index contributed by atoms with van der Waals surface area (Å²) in [5.41, 5.74) is 0.330. The normalized spacial score (nSPS) is 17.8. The maximum absolute atomic E-state index is 10.5. The van der Waals surface area contributed by atoms with E-state index in [4.69, 9.17) is 9.84 Å². The average Bonchev–Trinajstić information content (AvgIpc) is 2.83. The second-order valence-corrected chi connectivity index (χ2v) is 6.23. The number of ether oxygens (including phenoxy) is 1. The molecule has 4 nitrogen and oxygen atoms in total. The van der Waals surface area contributed by atoms with Crippen molar-refractivity contribution in [2.75, 3.05) is 33.4 Å². The van der Waals surface area contributed by atoms with E-state index in [1.54, 1.807) is 11.3 Å². The van der Waals surface area contributed by atoms with Gasteiger partial charge in [0.1, 0.15) is 6.61 Å². The minimum absolute atomic E-state index is 0.120. The molecule has 5 heteroatoms. The molecule has 0 aliphatic carbocycles. The molecule has 1 aliphatic rings. The third-order valence-corrected chi connectivity index (χ3v) is 4.35. The van der Waals surface area contributed by atoms with E-state index in [1.807, 2.05) is 18.5 Å². The molecule has 110 valence electrons. The fourth-order valence-corrected chi connectivity index (χ4v) is 3.33. The summed E-state index contributed by atoms with van der Waals surface area (Å²) in [6.07, 6.45) is 1.39. The first-order valence-electron chi connectivity index (χ1n) is 6.78. The largest absolute Gasteiger partial charge is 0.388 e. The standard InChI is InChI=1S/C15H21NO3S/c1-16(12-15(18)5-8-19-9-6-15)11-14-13(3-2-7-17)4-10-20-14/h4,10,17-18H,5-9,11-12H2,1H3. The second-order valence-electron chi connectivity index (χ2n) is 5.23. The molecule has 1 aromatic heterocycles. The summed E-state index contributed by atoms with van der Waals surface area (Å²) in [7, 11) is 2.01. The van der Waals surface area contributed by atoms with Gasteiger partial charge in [0.05, 0.1) is 5.60 Å². The summed E-state index contributed by atoms with van der Waals surface area (Å²) in [5.74, 6) is 5.64. The van der Waals surface area contributed by atoms with Gasteiger partial charge in [-0.05, 0) is 18.5 Å². The van der Waals surface area contributed by atoms with Crippen molar-refractivity contribution in [1.29, 1.82) is 0 Å². The number of aliphatic hydroxyl groups excluding tert-OH is 1. The van der Waals surface area contributed by atoms with Gasteiger partial charge in [0.2, 0.25) is 0 Å². The molecule has 0 amide bonds. The number of likely N-dealkylation sites (N-methyl/N-ethyl adjacent to an activating group) is 1. The molecule has 1 aromatic rings. The van der Waals surface area contributed by atoms with Crippen molar-refractivity contribution in [2.45, 2.75) is 25.0 Å². The number of thiophene rings is 1. The van der Waals surface area contributed by atoms with E-state index in [0.29, 0.717) is 32.6 Å². The van der Waals surface area contributed by atoms with Crippen molar-refractivity contribution in [3.63, 3.8) is 0 Å². The van der Waals surface area contributed by atoms with Gasteiger partial charge >= 0.3 is 0 Å². The van der Waals surface area contributed by atoms with E-state index in [-0.39, 0.29) is 6.61 Å². The fraction of sp³-hybridized carbons (Fsp3) is 0.600. The first-order valence-corrected chi connectivity index (χ1v) is 7.66. The van der Waals surface area contributed by atoms with Gasteiger partial charge in [-0.3, -0.25) is 4.90 Å². The Bertz CT molecular complexity index is 483. The molecule has 2 heterocycles. The molecule has 0 unspecified atom stereocenters. The molecule has 2 N–H and O–H groups in total. The van der Waals surface area contributed by atoms with E-state index in [2.05, 4.69) is 16.7 Å². The first-order chi connectivity index (χ1) is 9.63. The van der Waals surface area contributed by atoms with Crippen LogP contribution >= 0.6 is 11.3 Å². The summed E-state index contributed by atoms with van der Waals surface area (Å²) < 4.78 is 5.30. The Morgan fingerprint density at radius 1 is 1.45 bits per heavy atom. The lowest BCUT2D eigenvalue weighted by molar-refractivity contribution is -0.0776. The molecule has 0 spiro atoms. The van der Waals surface area contributed by atoms with Crippen LogP contribution in [0.4, 0.5) is 0 Å². The summed E-state index contributed by atoms with van der Waals surface area (Å²) >= 11 is 1.66. The third kappa shape index (κ3) is 4.30. The Hall–Kier alpha value is -0.900. The predicted molar refractivity (Wildman–Crippen MR) is 79.6 cm³/mol. The summed E-state index contributed by atoms with van der Waals surface area (Å²) in [4.78, 5) is 3.30. The molecule has 2 rings (SSSR count). The van der Waals surface area contributed by atoms with Crippen molar-refractivity contribution in [3.05, 3.63) is 21.9 Å². The van der Waals surface area contributed by atoms with Crippen LogP contribution in [0.15, 0.2) is 11.4 Å². The maximum Gasteiger partial charge on any atom is 0.104 e. The quantitative estimate of drug-likeness (QED) is 0.816. The van der Waals surface area contributed by atoms with Crippen LogP contribution in [0, 0.1) is 11.8 Å². The van der Waals surface area contributed by atoms with Crippen molar-refractivity contribution in [2.24, 2.45) is 0 Å². The van der Waals surface area contributed by atoms with Crippen molar-refractivity contribution < 1.29 is 14.9 Å². The molecule has 1 saturated heterocycles. The van der Waals surface area contributed by atoms with Gasteiger partial charge < -0.3 is 14.9 Å². The monoisotopic (exact) mass is 295 g/mol. The summed E-state index contributed by atoms with van der Waals surface area (Å²) in [5, 5.41) is 21.3. The number of hydrogen-bond acceptors (Lipinski definition) is 5. The van der Waals surface area contributed by atoms with E-state index in [1.165, 1.54) is 4.88 Å². The maximum atomic E-state index is 10.5. The molecular weight excluding hydrogens is 274 g/mol. The zero-order chi connectivity index (χ0) is 14.4. The van der Waals surface area contributed by atoms with Crippen molar-refractivity contribution in [1.82, 2.24) is 4.90 Å². The van der Waals surface area contributed by atoms with Crippen molar-refractivity contribution >= 4 is 11.3 Å².